The van der Waals surface area contributed by atoms with Crippen LogP contribution >= 0.6 is 11.3 Å². The van der Waals surface area contributed by atoms with Crippen molar-refractivity contribution >= 4 is 27.1 Å². The topological polar surface area (TPSA) is 54.5 Å². The Morgan fingerprint density at radius 2 is 1.86 bits per heavy atom. The number of hydrogen-bond donors (Lipinski definition) is 0. The molecule has 1 aliphatic heterocycles. The number of aryl methyl sites for hydroxylation is 1. The number of nitrogens with zero attached hydrogens (tertiary/aromatic N) is 1. The number of ketones is 1. The summed E-state index contributed by atoms with van der Waals surface area (Å²) in [6.45, 7) is 3.63. The van der Waals surface area contributed by atoms with Crippen LogP contribution in [0, 0.1) is 6.92 Å². The molecule has 0 radical (unpaired) electrons. The van der Waals surface area contributed by atoms with Gasteiger partial charge < -0.3 is 0 Å². The summed E-state index contributed by atoms with van der Waals surface area (Å²) in [6.07, 6.45) is 0. The van der Waals surface area contributed by atoms with Crippen molar-refractivity contribution in [3.05, 3.63) is 51.7 Å². The highest BCUT2D eigenvalue weighted by Crippen LogP contribution is 2.36. The molecular weight excluding hydrogens is 306 g/mol. The lowest BCUT2D eigenvalue weighted by molar-refractivity contribution is 0.0937. The summed E-state index contributed by atoms with van der Waals surface area (Å²) in [5.41, 5.74) is 1.65. The molecule has 0 spiro atoms. The molecule has 0 bridgehead atoms. The maximum Gasteiger partial charge on any atom is 0.244 e. The Kier molecular flexibility index (Phi) is 3.47. The average Bonchev–Trinajstić information content (AvgIpc) is 2.93. The van der Waals surface area contributed by atoms with Crippen molar-refractivity contribution in [2.45, 2.75) is 24.8 Å². The molecule has 0 N–H and O–H groups in total. The zero-order valence-electron chi connectivity index (χ0n) is 11.7. The monoisotopic (exact) mass is 321 g/mol. The van der Waals surface area contributed by atoms with Gasteiger partial charge in [-0.05, 0) is 37.4 Å². The highest BCUT2D eigenvalue weighted by Gasteiger charge is 2.38. The molecule has 0 fully saturated rings. The van der Waals surface area contributed by atoms with Crippen molar-refractivity contribution < 1.29 is 13.2 Å². The average molecular weight is 321 g/mol. The minimum Gasteiger partial charge on any atom is -0.293 e. The van der Waals surface area contributed by atoms with Crippen LogP contribution in [0.25, 0.3) is 0 Å². The largest absolute Gasteiger partial charge is 0.293 e. The normalized spacial score (nSPS) is 19.5. The van der Waals surface area contributed by atoms with E-state index in [0.717, 1.165) is 10.4 Å². The molecule has 2 aromatic rings. The van der Waals surface area contributed by atoms with Gasteiger partial charge in [0.25, 0.3) is 0 Å². The van der Waals surface area contributed by atoms with Crippen LogP contribution < -0.4 is 0 Å². The highest BCUT2D eigenvalue weighted by atomic mass is 32.2. The third-order valence-corrected chi connectivity index (χ3v) is 6.75. The van der Waals surface area contributed by atoms with Gasteiger partial charge in [-0.2, -0.15) is 4.31 Å². The van der Waals surface area contributed by atoms with Gasteiger partial charge in [0.1, 0.15) is 0 Å². The third-order valence-electron chi connectivity index (χ3n) is 3.73. The molecule has 4 nitrogen and oxygen atoms in total. The lowest BCUT2D eigenvalue weighted by atomic mass is 10.0. The lowest BCUT2D eigenvalue weighted by Crippen LogP contribution is -2.41. The highest BCUT2D eigenvalue weighted by molar-refractivity contribution is 7.89. The zero-order chi connectivity index (χ0) is 15.2. The predicted octanol–water partition coefficient (Wildman–Crippen LogP) is 3.00. The number of thiophene rings is 1. The fraction of sp³-hybridized carbons (Fsp3) is 0.267. The molecule has 0 amide bonds. The third kappa shape index (κ3) is 2.33. The number of Topliss-reactive ketones (excluding diaryl/α,β-unsaturated/α-hetero) is 1. The number of carbonyl (C=O) groups excluding carboxylic acids is 1. The summed E-state index contributed by atoms with van der Waals surface area (Å²) in [6, 6.07) is 8.16. The first kappa shape index (κ1) is 14.4. The summed E-state index contributed by atoms with van der Waals surface area (Å²) in [4.78, 5) is 13.2. The molecule has 0 aliphatic carbocycles. The van der Waals surface area contributed by atoms with Gasteiger partial charge in [0.05, 0.1) is 17.5 Å². The predicted molar refractivity (Wildman–Crippen MR) is 82.1 cm³/mol. The molecule has 110 valence electrons. The van der Waals surface area contributed by atoms with Gasteiger partial charge in [0, 0.05) is 10.4 Å². The number of carbonyl (C=O) groups is 1. The van der Waals surface area contributed by atoms with E-state index in [-0.39, 0.29) is 23.3 Å². The standard InChI is InChI=1S/C15H15NO3S2/c1-10-3-5-12(6-4-10)21(18,19)16-9-14(17)13-7-8-20-15(13)11(16)2/h3-8,11H,9H2,1-2H3. The fourth-order valence-electron chi connectivity index (χ4n) is 2.51. The first-order valence-corrected chi connectivity index (χ1v) is 8.92. The van der Waals surface area contributed by atoms with Crippen molar-refractivity contribution in [2.75, 3.05) is 6.54 Å². The van der Waals surface area contributed by atoms with Gasteiger partial charge in [-0.15, -0.1) is 11.3 Å². The van der Waals surface area contributed by atoms with Crippen molar-refractivity contribution in [1.82, 2.24) is 4.31 Å². The quantitative estimate of drug-likeness (QED) is 0.854. The summed E-state index contributed by atoms with van der Waals surface area (Å²) >= 11 is 1.43. The first-order chi connectivity index (χ1) is 9.91. The van der Waals surface area contributed by atoms with Crippen LogP contribution in [0.5, 0.6) is 0 Å². The number of hydrogen-bond acceptors (Lipinski definition) is 4. The van der Waals surface area contributed by atoms with E-state index in [1.807, 2.05) is 19.2 Å². The SMILES string of the molecule is Cc1ccc(S(=O)(=O)N2CC(=O)c3ccsc3C2C)cc1. The minimum absolute atomic E-state index is 0.0961. The summed E-state index contributed by atoms with van der Waals surface area (Å²) in [5, 5.41) is 1.83. The molecule has 6 heteroatoms. The summed E-state index contributed by atoms with van der Waals surface area (Å²) in [7, 11) is -3.66. The molecule has 0 saturated carbocycles. The summed E-state index contributed by atoms with van der Waals surface area (Å²) in [5.74, 6) is -0.139. The van der Waals surface area contributed by atoms with Crippen LogP contribution in [0.3, 0.4) is 0 Å². The number of fused-ring (bicyclic) bond motifs is 1. The molecule has 3 rings (SSSR count). The number of sulfonamides is 1. The van der Waals surface area contributed by atoms with E-state index in [2.05, 4.69) is 0 Å². The van der Waals surface area contributed by atoms with Crippen molar-refractivity contribution in [3.63, 3.8) is 0 Å². The van der Waals surface area contributed by atoms with E-state index in [1.165, 1.54) is 15.6 Å². The number of benzene rings is 1. The van der Waals surface area contributed by atoms with Crippen LogP contribution in [0.2, 0.25) is 0 Å². The molecule has 2 heterocycles. The van der Waals surface area contributed by atoms with Crippen molar-refractivity contribution in [2.24, 2.45) is 0 Å². The number of rotatable bonds is 2. The Hall–Kier alpha value is -1.50. The smallest absolute Gasteiger partial charge is 0.244 e. The van der Waals surface area contributed by atoms with E-state index in [4.69, 9.17) is 0 Å². The van der Waals surface area contributed by atoms with E-state index < -0.39 is 10.0 Å². The molecule has 1 aromatic carbocycles. The first-order valence-electron chi connectivity index (χ1n) is 6.60. The molecule has 0 saturated heterocycles. The van der Waals surface area contributed by atoms with E-state index in [0.29, 0.717) is 5.56 Å². The van der Waals surface area contributed by atoms with Gasteiger partial charge in [-0.3, -0.25) is 4.79 Å². The zero-order valence-corrected chi connectivity index (χ0v) is 13.4. The van der Waals surface area contributed by atoms with E-state index in [9.17, 15) is 13.2 Å². The molecule has 21 heavy (non-hydrogen) atoms. The maximum atomic E-state index is 12.8. The minimum atomic E-state index is -3.66. The molecule has 1 aromatic heterocycles. The van der Waals surface area contributed by atoms with Crippen molar-refractivity contribution in [1.29, 1.82) is 0 Å². The van der Waals surface area contributed by atoms with E-state index in [1.54, 1.807) is 30.3 Å². The van der Waals surface area contributed by atoms with E-state index >= 15 is 0 Å². The molecule has 1 unspecified atom stereocenters. The lowest BCUT2D eigenvalue weighted by Gasteiger charge is -2.31. The van der Waals surface area contributed by atoms with Crippen LogP contribution in [0.1, 0.15) is 33.8 Å². The molecule has 1 aliphatic rings. The second kappa shape index (κ2) is 5.05. The Morgan fingerprint density at radius 3 is 2.52 bits per heavy atom. The second-order valence-electron chi connectivity index (χ2n) is 5.16. The fourth-order valence-corrected chi connectivity index (χ4v) is 5.12. The summed E-state index contributed by atoms with van der Waals surface area (Å²) < 4.78 is 26.8. The van der Waals surface area contributed by atoms with Gasteiger partial charge in [0.2, 0.25) is 10.0 Å². The van der Waals surface area contributed by atoms with Gasteiger partial charge >= 0.3 is 0 Å². The Balaban J connectivity index is 2.04. The Labute approximate surface area is 128 Å². The van der Waals surface area contributed by atoms with Crippen LogP contribution in [0.4, 0.5) is 0 Å². The molecular formula is C15H15NO3S2. The van der Waals surface area contributed by atoms with Gasteiger partial charge in [-0.1, -0.05) is 17.7 Å². The Bertz CT molecular complexity index is 791. The Morgan fingerprint density at radius 1 is 1.19 bits per heavy atom. The van der Waals surface area contributed by atoms with Crippen LogP contribution in [-0.2, 0) is 10.0 Å². The molecule has 1 atom stereocenters. The van der Waals surface area contributed by atoms with Gasteiger partial charge in [-0.25, -0.2) is 8.42 Å². The van der Waals surface area contributed by atoms with Gasteiger partial charge in [0.15, 0.2) is 5.78 Å². The van der Waals surface area contributed by atoms with Crippen LogP contribution in [0.15, 0.2) is 40.6 Å². The second-order valence-corrected chi connectivity index (χ2v) is 8.00. The van der Waals surface area contributed by atoms with Crippen molar-refractivity contribution in [3.8, 4) is 0 Å². The maximum absolute atomic E-state index is 12.8. The van der Waals surface area contributed by atoms with Crippen LogP contribution in [-0.4, -0.2) is 25.1 Å².